The van der Waals surface area contributed by atoms with Crippen LogP contribution in [0.25, 0.3) is 0 Å². The van der Waals surface area contributed by atoms with Crippen molar-refractivity contribution >= 4 is 11.6 Å². The van der Waals surface area contributed by atoms with Crippen LogP contribution in [-0.4, -0.2) is 17.4 Å². The van der Waals surface area contributed by atoms with E-state index in [1.54, 1.807) is 0 Å². The largest absolute Gasteiger partial charge is 0.398 e. The third kappa shape index (κ3) is 2.64. The maximum absolute atomic E-state index is 12.7. The molecule has 1 heterocycles. The molecule has 0 aliphatic carbocycles. The summed E-state index contributed by atoms with van der Waals surface area (Å²) in [6.45, 7) is 3.37. The lowest BCUT2D eigenvalue weighted by Crippen LogP contribution is -2.38. The molecule has 0 spiro atoms. The van der Waals surface area contributed by atoms with Crippen molar-refractivity contribution in [1.82, 2.24) is 4.90 Å². The first-order valence-electron chi connectivity index (χ1n) is 7.37. The van der Waals surface area contributed by atoms with Crippen LogP contribution in [0.1, 0.15) is 29.5 Å². The summed E-state index contributed by atoms with van der Waals surface area (Å²) in [6.07, 6.45) is 0.883. The predicted molar refractivity (Wildman–Crippen MR) is 84.8 cm³/mol. The fourth-order valence-corrected chi connectivity index (χ4v) is 2.95. The Morgan fingerprint density at radius 1 is 1.14 bits per heavy atom. The Kier molecular flexibility index (Phi) is 3.65. The van der Waals surface area contributed by atoms with E-state index in [1.165, 1.54) is 5.56 Å². The van der Waals surface area contributed by atoms with Crippen LogP contribution in [0, 0.1) is 0 Å². The number of nitrogens with two attached hydrogens (primary N) is 1. The zero-order chi connectivity index (χ0) is 14.8. The van der Waals surface area contributed by atoms with E-state index in [9.17, 15) is 4.79 Å². The van der Waals surface area contributed by atoms with Gasteiger partial charge < -0.3 is 10.6 Å². The van der Waals surface area contributed by atoms with E-state index in [2.05, 4.69) is 6.07 Å². The van der Waals surface area contributed by atoms with Crippen LogP contribution in [0.15, 0.2) is 48.5 Å². The maximum atomic E-state index is 12.7. The van der Waals surface area contributed by atoms with Gasteiger partial charge in [0.25, 0.3) is 0 Å². The number of carbonyl (C=O) groups is 1. The highest BCUT2D eigenvalue weighted by atomic mass is 16.2. The van der Waals surface area contributed by atoms with Gasteiger partial charge in [0.15, 0.2) is 0 Å². The summed E-state index contributed by atoms with van der Waals surface area (Å²) in [7, 11) is 0. The first-order chi connectivity index (χ1) is 10.2. The number of rotatable bonds is 2. The molecule has 1 aliphatic rings. The van der Waals surface area contributed by atoms with E-state index in [-0.39, 0.29) is 11.8 Å². The molecular weight excluding hydrogens is 260 g/mol. The molecule has 2 N–H and O–H groups in total. The molecule has 0 saturated heterocycles. The number of nitrogens with zero attached hydrogens (tertiary/aromatic N) is 1. The Labute approximate surface area is 125 Å². The van der Waals surface area contributed by atoms with Crippen molar-refractivity contribution in [1.29, 1.82) is 0 Å². The minimum Gasteiger partial charge on any atom is -0.398 e. The Morgan fingerprint density at radius 2 is 1.90 bits per heavy atom. The smallest absolute Gasteiger partial charge is 0.230 e. The number of amides is 1. The molecule has 2 aromatic rings. The van der Waals surface area contributed by atoms with Crippen LogP contribution in [0.5, 0.6) is 0 Å². The summed E-state index contributed by atoms with van der Waals surface area (Å²) in [5.41, 5.74) is 10.3. The predicted octanol–water partition coefficient (Wildman–Crippen LogP) is 2.96. The standard InChI is InChI=1S/C18H20N2O/c1-13(14-6-3-2-4-7-14)18(21)20-11-10-15-8-5-9-17(19)16(15)12-20/h2-9,13H,10-12,19H2,1H3. The number of hydrogen-bond donors (Lipinski definition) is 1. The molecule has 0 aromatic heterocycles. The van der Waals surface area contributed by atoms with Crippen LogP contribution >= 0.6 is 0 Å². The number of hydrogen-bond acceptors (Lipinski definition) is 2. The van der Waals surface area contributed by atoms with E-state index in [0.29, 0.717) is 6.54 Å². The SMILES string of the molecule is CC(C(=O)N1CCc2cccc(N)c2C1)c1ccccc1. The van der Waals surface area contributed by atoms with Crippen molar-refractivity contribution < 1.29 is 4.79 Å². The van der Waals surface area contributed by atoms with Crippen molar-refractivity contribution in [2.24, 2.45) is 0 Å². The Morgan fingerprint density at radius 3 is 2.67 bits per heavy atom. The summed E-state index contributed by atoms with van der Waals surface area (Å²) in [6, 6.07) is 15.9. The molecule has 3 nitrogen and oxygen atoms in total. The van der Waals surface area contributed by atoms with Crippen LogP contribution < -0.4 is 5.73 Å². The van der Waals surface area contributed by atoms with Gasteiger partial charge >= 0.3 is 0 Å². The van der Waals surface area contributed by atoms with E-state index >= 15 is 0 Å². The Balaban J connectivity index is 1.80. The summed E-state index contributed by atoms with van der Waals surface area (Å²) in [5, 5.41) is 0. The number of nitrogen functional groups attached to an aromatic ring is 1. The molecule has 1 aliphatic heterocycles. The Bertz CT molecular complexity index is 652. The van der Waals surface area contributed by atoms with Crippen LogP contribution in [0.3, 0.4) is 0 Å². The highest BCUT2D eigenvalue weighted by molar-refractivity contribution is 5.83. The van der Waals surface area contributed by atoms with E-state index in [1.807, 2.05) is 54.3 Å². The number of benzene rings is 2. The van der Waals surface area contributed by atoms with Crippen molar-refractivity contribution in [2.45, 2.75) is 25.8 Å². The molecule has 0 fully saturated rings. The fourth-order valence-electron chi connectivity index (χ4n) is 2.95. The lowest BCUT2D eigenvalue weighted by atomic mass is 9.95. The zero-order valence-corrected chi connectivity index (χ0v) is 12.3. The molecule has 21 heavy (non-hydrogen) atoms. The van der Waals surface area contributed by atoms with Gasteiger partial charge in [-0.1, -0.05) is 42.5 Å². The van der Waals surface area contributed by atoms with Gasteiger partial charge in [-0.3, -0.25) is 4.79 Å². The molecule has 3 heteroatoms. The number of fused-ring (bicyclic) bond motifs is 1. The monoisotopic (exact) mass is 280 g/mol. The molecule has 0 saturated carbocycles. The third-order valence-electron chi connectivity index (χ3n) is 4.29. The minimum atomic E-state index is -0.113. The van der Waals surface area contributed by atoms with Crippen molar-refractivity contribution in [2.75, 3.05) is 12.3 Å². The maximum Gasteiger partial charge on any atom is 0.230 e. The highest BCUT2D eigenvalue weighted by Crippen LogP contribution is 2.27. The van der Waals surface area contributed by atoms with Gasteiger partial charge in [0.1, 0.15) is 0 Å². The van der Waals surface area contributed by atoms with Gasteiger partial charge in [-0.05, 0) is 36.1 Å². The molecule has 1 atom stereocenters. The van der Waals surface area contributed by atoms with Gasteiger partial charge in [0.05, 0.1) is 5.92 Å². The lowest BCUT2D eigenvalue weighted by Gasteiger charge is -2.31. The number of carbonyl (C=O) groups excluding carboxylic acids is 1. The van der Waals surface area contributed by atoms with Gasteiger partial charge in [0.2, 0.25) is 5.91 Å². The summed E-state index contributed by atoms with van der Waals surface area (Å²) in [5.74, 6) is 0.0628. The minimum absolute atomic E-state index is 0.113. The van der Waals surface area contributed by atoms with E-state index in [0.717, 1.165) is 29.8 Å². The summed E-state index contributed by atoms with van der Waals surface area (Å²) >= 11 is 0. The van der Waals surface area contributed by atoms with Gasteiger partial charge in [-0.2, -0.15) is 0 Å². The van der Waals surface area contributed by atoms with Crippen LogP contribution in [0.4, 0.5) is 5.69 Å². The second-order valence-corrected chi connectivity index (χ2v) is 5.63. The third-order valence-corrected chi connectivity index (χ3v) is 4.29. The molecule has 0 radical (unpaired) electrons. The number of anilines is 1. The average molecular weight is 280 g/mol. The van der Waals surface area contributed by atoms with Crippen molar-refractivity contribution in [3.8, 4) is 0 Å². The van der Waals surface area contributed by atoms with Gasteiger partial charge in [0, 0.05) is 18.8 Å². The van der Waals surface area contributed by atoms with E-state index < -0.39 is 0 Å². The van der Waals surface area contributed by atoms with Crippen molar-refractivity contribution in [3.63, 3.8) is 0 Å². The first-order valence-corrected chi connectivity index (χ1v) is 7.37. The first kappa shape index (κ1) is 13.7. The Hall–Kier alpha value is -2.29. The highest BCUT2D eigenvalue weighted by Gasteiger charge is 2.26. The summed E-state index contributed by atoms with van der Waals surface area (Å²) in [4.78, 5) is 14.6. The van der Waals surface area contributed by atoms with Crippen LogP contribution in [-0.2, 0) is 17.8 Å². The molecular formula is C18H20N2O. The zero-order valence-electron chi connectivity index (χ0n) is 12.3. The molecule has 0 bridgehead atoms. The topological polar surface area (TPSA) is 46.3 Å². The average Bonchev–Trinajstić information content (AvgIpc) is 2.54. The quantitative estimate of drug-likeness (QED) is 0.860. The van der Waals surface area contributed by atoms with Crippen LogP contribution in [0.2, 0.25) is 0 Å². The normalized spacial score (nSPS) is 15.4. The van der Waals surface area contributed by atoms with Gasteiger partial charge in [-0.15, -0.1) is 0 Å². The molecule has 3 rings (SSSR count). The molecule has 1 amide bonds. The van der Waals surface area contributed by atoms with E-state index in [4.69, 9.17) is 5.73 Å². The molecule has 2 aromatic carbocycles. The van der Waals surface area contributed by atoms with Gasteiger partial charge in [-0.25, -0.2) is 0 Å². The second-order valence-electron chi connectivity index (χ2n) is 5.63. The van der Waals surface area contributed by atoms with Crippen molar-refractivity contribution in [3.05, 3.63) is 65.2 Å². The fraction of sp³-hybridized carbons (Fsp3) is 0.278. The lowest BCUT2D eigenvalue weighted by molar-refractivity contribution is -0.133. The second kappa shape index (κ2) is 5.60. The molecule has 108 valence electrons. The summed E-state index contributed by atoms with van der Waals surface area (Å²) < 4.78 is 0. The molecule has 1 unspecified atom stereocenters.